The van der Waals surface area contributed by atoms with Crippen molar-refractivity contribution in [2.45, 2.75) is 19.9 Å². The van der Waals surface area contributed by atoms with Gasteiger partial charge in [0.15, 0.2) is 5.13 Å². The van der Waals surface area contributed by atoms with Crippen molar-refractivity contribution >= 4 is 39.9 Å². The normalized spacial score (nSPS) is 16.8. The van der Waals surface area contributed by atoms with Crippen LogP contribution in [0, 0.1) is 6.92 Å². The SMILES string of the molecule is CCOC(=O)c1sc(N2C(=O)C(=O)/C(=C(/O)c3ccc(OC)cc3)[C@@H]2c2ccc(OC)cc2)nc1C. The minimum Gasteiger partial charge on any atom is -0.507 e. The van der Waals surface area contributed by atoms with Crippen molar-refractivity contribution < 1.29 is 33.7 Å². The summed E-state index contributed by atoms with van der Waals surface area (Å²) >= 11 is 0.953. The Balaban J connectivity index is 1.89. The summed E-state index contributed by atoms with van der Waals surface area (Å²) in [6.45, 7) is 3.50. The van der Waals surface area contributed by atoms with Gasteiger partial charge in [0.05, 0.1) is 38.1 Å². The van der Waals surface area contributed by atoms with E-state index in [9.17, 15) is 19.5 Å². The van der Waals surface area contributed by atoms with E-state index in [2.05, 4.69) is 4.98 Å². The summed E-state index contributed by atoms with van der Waals surface area (Å²) in [5.74, 6) is -1.47. The van der Waals surface area contributed by atoms with Crippen LogP contribution in [0.25, 0.3) is 5.76 Å². The molecule has 2 aromatic carbocycles. The number of thiazole rings is 1. The summed E-state index contributed by atoms with van der Waals surface area (Å²) in [5.41, 5.74) is 1.17. The molecule has 9 nitrogen and oxygen atoms in total. The van der Waals surface area contributed by atoms with Crippen LogP contribution in [-0.4, -0.2) is 48.6 Å². The van der Waals surface area contributed by atoms with Crippen LogP contribution in [0.1, 0.15) is 39.5 Å². The van der Waals surface area contributed by atoms with Gasteiger partial charge in [-0.2, -0.15) is 0 Å². The molecule has 0 radical (unpaired) electrons. The molecular formula is C26H24N2O7S. The maximum absolute atomic E-state index is 13.3. The van der Waals surface area contributed by atoms with E-state index >= 15 is 0 Å². The third-order valence-electron chi connectivity index (χ3n) is 5.69. The number of amides is 1. The zero-order chi connectivity index (χ0) is 26.0. The molecule has 1 aliphatic rings. The van der Waals surface area contributed by atoms with Crippen LogP contribution in [0.2, 0.25) is 0 Å². The third-order valence-corrected chi connectivity index (χ3v) is 6.83. The highest BCUT2D eigenvalue weighted by molar-refractivity contribution is 7.17. The standard InChI is InChI=1S/C26H24N2O7S/c1-5-35-25(32)23-14(2)27-26(36-23)28-20(15-6-10-17(33-3)11-7-15)19(22(30)24(28)31)21(29)16-8-12-18(34-4)13-9-16/h6-13,20,29H,5H2,1-4H3/b21-19+/t20-/m0/s1. The number of Topliss-reactive ketones (excluding diaryl/α,β-unsaturated/α-hetero) is 1. The number of benzene rings is 2. The van der Waals surface area contributed by atoms with E-state index in [1.807, 2.05) is 0 Å². The van der Waals surface area contributed by atoms with E-state index in [0.29, 0.717) is 28.3 Å². The fourth-order valence-corrected chi connectivity index (χ4v) is 4.89. The van der Waals surface area contributed by atoms with Gasteiger partial charge in [-0.1, -0.05) is 23.5 Å². The van der Waals surface area contributed by atoms with Gasteiger partial charge in [0, 0.05) is 5.56 Å². The van der Waals surface area contributed by atoms with Crippen molar-refractivity contribution in [2.75, 3.05) is 25.7 Å². The second kappa shape index (κ2) is 10.2. The van der Waals surface area contributed by atoms with E-state index in [-0.39, 0.29) is 27.9 Å². The first-order chi connectivity index (χ1) is 17.3. The van der Waals surface area contributed by atoms with E-state index in [1.165, 1.54) is 19.1 Å². The smallest absolute Gasteiger partial charge is 0.350 e. The van der Waals surface area contributed by atoms with Crippen molar-refractivity contribution in [2.24, 2.45) is 0 Å². The molecule has 1 atom stereocenters. The first-order valence-electron chi connectivity index (χ1n) is 11.0. The van der Waals surface area contributed by atoms with Crippen LogP contribution in [0.5, 0.6) is 11.5 Å². The third kappa shape index (κ3) is 4.42. The average molecular weight is 509 g/mol. The van der Waals surface area contributed by atoms with Gasteiger partial charge in [0.1, 0.15) is 22.1 Å². The maximum Gasteiger partial charge on any atom is 0.350 e. The number of rotatable bonds is 7. The van der Waals surface area contributed by atoms with Gasteiger partial charge < -0.3 is 19.3 Å². The van der Waals surface area contributed by atoms with E-state index in [0.717, 1.165) is 11.3 Å². The van der Waals surface area contributed by atoms with Crippen molar-refractivity contribution in [3.05, 3.63) is 75.8 Å². The fourth-order valence-electron chi connectivity index (χ4n) is 3.91. The fraction of sp³-hybridized carbons (Fsp3) is 0.231. The Bertz CT molecular complexity index is 1340. The number of methoxy groups -OCH3 is 2. The van der Waals surface area contributed by atoms with Crippen LogP contribution < -0.4 is 14.4 Å². The molecule has 3 aromatic rings. The molecule has 2 heterocycles. The molecular weight excluding hydrogens is 484 g/mol. The molecule has 1 N–H and O–H groups in total. The molecule has 0 saturated carbocycles. The number of aliphatic hydroxyl groups excluding tert-OH is 1. The first kappa shape index (κ1) is 24.9. The van der Waals surface area contributed by atoms with Crippen molar-refractivity contribution in [3.63, 3.8) is 0 Å². The number of hydrogen-bond acceptors (Lipinski definition) is 9. The summed E-state index contributed by atoms with van der Waals surface area (Å²) in [5, 5.41) is 11.4. The van der Waals surface area contributed by atoms with Gasteiger partial charge in [-0.3, -0.25) is 14.5 Å². The molecule has 1 fully saturated rings. The highest BCUT2D eigenvalue weighted by Gasteiger charge is 2.48. The first-order valence-corrected chi connectivity index (χ1v) is 11.9. The number of ketones is 1. The van der Waals surface area contributed by atoms with Gasteiger partial charge >= 0.3 is 11.9 Å². The zero-order valence-electron chi connectivity index (χ0n) is 20.1. The van der Waals surface area contributed by atoms with Gasteiger partial charge in [0.25, 0.3) is 5.78 Å². The summed E-state index contributed by atoms with van der Waals surface area (Å²) in [6, 6.07) is 12.3. The predicted octanol–water partition coefficient (Wildman–Crippen LogP) is 4.27. The molecule has 1 amide bonds. The lowest BCUT2D eigenvalue weighted by Gasteiger charge is -2.23. The molecule has 4 rings (SSSR count). The monoisotopic (exact) mass is 508 g/mol. The molecule has 36 heavy (non-hydrogen) atoms. The number of anilines is 1. The topological polar surface area (TPSA) is 115 Å². The van der Waals surface area contributed by atoms with Crippen molar-refractivity contribution in [1.29, 1.82) is 0 Å². The minimum atomic E-state index is -0.987. The lowest BCUT2D eigenvalue weighted by atomic mass is 9.95. The molecule has 1 saturated heterocycles. The zero-order valence-corrected chi connectivity index (χ0v) is 20.9. The van der Waals surface area contributed by atoms with E-state index in [1.54, 1.807) is 62.4 Å². The second-order valence-electron chi connectivity index (χ2n) is 7.80. The molecule has 1 aliphatic heterocycles. The second-order valence-corrected chi connectivity index (χ2v) is 8.78. The number of nitrogens with zero attached hydrogens (tertiary/aromatic N) is 2. The summed E-state index contributed by atoms with van der Waals surface area (Å²) in [7, 11) is 3.05. The van der Waals surface area contributed by atoms with Gasteiger partial charge in [-0.05, 0) is 55.8 Å². The predicted molar refractivity (Wildman–Crippen MR) is 134 cm³/mol. The molecule has 1 aromatic heterocycles. The minimum absolute atomic E-state index is 0.0964. The average Bonchev–Trinajstić information content (AvgIpc) is 3.40. The number of hydrogen-bond donors (Lipinski definition) is 1. The molecule has 186 valence electrons. The molecule has 0 spiro atoms. The number of carbonyl (C=O) groups is 3. The van der Waals surface area contributed by atoms with Crippen molar-refractivity contribution in [3.8, 4) is 11.5 Å². The van der Waals surface area contributed by atoms with E-state index in [4.69, 9.17) is 14.2 Å². The van der Waals surface area contributed by atoms with Gasteiger partial charge in [-0.25, -0.2) is 9.78 Å². The quantitative estimate of drug-likeness (QED) is 0.218. The Morgan fingerprint density at radius 3 is 2.17 bits per heavy atom. The molecule has 10 heteroatoms. The molecule has 0 aliphatic carbocycles. The highest BCUT2D eigenvalue weighted by Crippen LogP contribution is 2.44. The summed E-state index contributed by atoms with van der Waals surface area (Å²) in [6.07, 6.45) is 0. The van der Waals surface area contributed by atoms with Gasteiger partial charge in [0.2, 0.25) is 0 Å². The van der Waals surface area contributed by atoms with Crippen LogP contribution in [0.15, 0.2) is 54.1 Å². The number of aryl methyl sites for hydroxylation is 1. The number of carbonyl (C=O) groups excluding carboxylic acids is 3. The molecule has 0 bridgehead atoms. The van der Waals surface area contributed by atoms with Crippen LogP contribution in [0.4, 0.5) is 5.13 Å². The molecule has 0 unspecified atom stereocenters. The van der Waals surface area contributed by atoms with Crippen LogP contribution in [-0.2, 0) is 14.3 Å². The van der Waals surface area contributed by atoms with Gasteiger partial charge in [-0.15, -0.1) is 0 Å². The Labute approximate surface area is 211 Å². The van der Waals surface area contributed by atoms with Crippen LogP contribution in [0.3, 0.4) is 0 Å². The lowest BCUT2D eigenvalue weighted by molar-refractivity contribution is -0.132. The lowest BCUT2D eigenvalue weighted by Crippen LogP contribution is -2.29. The summed E-state index contributed by atoms with van der Waals surface area (Å²) < 4.78 is 15.5. The maximum atomic E-state index is 13.3. The van der Waals surface area contributed by atoms with Crippen LogP contribution >= 0.6 is 11.3 Å². The Kier molecular flexibility index (Phi) is 7.07. The number of aliphatic hydroxyl groups is 1. The number of aromatic nitrogens is 1. The largest absolute Gasteiger partial charge is 0.507 e. The summed E-state index contributed by atoms with van der Waals surface area (Å²) in [4.78, 5) is 44.8. The highest BCUT2D eigenvalue weighted by atomic mass is 32.1. The number of ether oxygens (including phenoxy) is 3. The Morgan fingerprint density at radius 1 is 1.03 bits per heavy atom. The Morgan fingerprint density at radius 2 is 1.61 bits per heavy atom. The number of esters is 1. The Hall–Kier alpha value is -4.18. The van der Waals surface area contributed by atoms with Crippen molar-refractivity contribution in [1.82, 2.24) is 4.98 Å². The van der Waals surface area contributed by atoms with E-state index < -0.39 is 23.7 Å².